The van der Waals surface area contributed by atoms with Crippen LogP contribution >= 0.6 is 12.2 Å². The Balaban J connectivity index is 1.71. The summed E-state index contributed by atoms with van der Waals surface area (Å²) in [5.41, 5.74) is 2.45. The fraction of sp³-hybridized carbons (Fsp3) is 0.545. The second-order valence-electron chi connectivity index (χ2n) is 7.81. The topological polar surface area (TPSA) is 33.1 Å². The van der Waals surface area contributed by atoms with Gasteiger partial charge in [-0.2, -0.15) is 0 Å². The van der Waals surface area contributed by atoms with Gasteiger partial charge in [0.25, 0.3) is 0 Å². The second-order valence-corrected chi connectivity index (χ2v) is 8.19. The van der Waals surface area contributed by atoms with E-state index in [9.17, 15) is 0 Å². The van der Waals surface area contributed by atoms with Crippen LogP contribution < -0.4 is 5.32 Å². The fourth-order valence-corrected chi connectivity index (χ4v) is 4.98. The summed E-state index contributed by atoms with van der Waals surface area (Å²) in [6.07, 6.45) is 13.1. The molecule has 5 heteroatoms. The Morgan fingerprint density at radius 2 is 2.00 bits per heavy atom. The normalized spacial score (nSPS) is 23.6. The lowest BCUT2D eigenvalue weighted by Gasteiger charge is -2.32. The van der Waals surface area contributed by atoms with Gasteiger partial charge in [-0.15, -0.1) is 0 Å². The minimum Gasteiger partial charge on any atom is -0.352 e. The zero-order chi connectivity index (χ0) is 18.6. The first-order valence-electron chi connectivity index (χ1n) is 10.4. The van der Waals surface area contributed by atoms with E-state index in [-0.39, 0.29) is 12.1 Å². The first-order chi connectivity index (χ1) is 13.3. The van der Waals surface area contributed by atoms with Crippen molar-refractivity contribution >= 4 is 17.3 Å². The van der Waals surface area contributed by atoms with Gasteiger partial charge < -0.3 is 14.8 Å². The molecule has 1 N–H and O–H groups in total. The van der Waals surface area contributed by atoms with Crippen molar-refractivity contribution in [2.45, 2.75) is 70.0 Å². The van der Waals surface area contributed by atoms with Gasteiger partial charge in [0.2, 0.25) is 0 Å². The summed E-state index contributed by atoms with van der Waals surface area (Å²) in [6.45, 7) is 3.23. The van der Waals surface area contributed by atoms with Crippen LogP contribution in [0.1, 0.15) is 81.4 Å². The zero-order valence-electron chi connectivity index (χ0n) is 16.2. The summed E-state index contributed by atoms with van der Waals surface area (Å²) in [7, 11) is 0. The summed E-state index contributed by atoms with van der Waals surface area (Å²) in [5.74, 6) is 0. The van der Waals surface area contributed by atoms with Gasteiger partial charge in [-0.3, -0.25) is 4.98 Å². The molecule has 2 fully saturated rings. The standard InChI is InChI=1S/C22H30N4S/c1-2-3-15-26-21(20(24-22(26)27)18-12-7-8-14-23-18)19-13-9-16-25(19)17-10-5-4-6-11-17/h7-9,12-14,16-17,20-21H,2-6,10-11,15H2,1H3,(H,24,27)/t20-,21+/m1/s1. The van der Waals surface area contributed by atoms with Crippen molar-refractivity contribution in [3.8, 4) is 0 Å². The molecule has 4 nitrogen and oxygen atoms in total. The molecule has 2 atom stereocenters. The maximum absolute atomic E-state index is 5.76. The molecule has 1 saturated heterocycles. The molecule has 0 unspecified atom stereocenters. The highest BCUT2D eigenvalue weighted by atomic mass is 32.1. The van der Waals surface area contributed by atoms with Gasteiger partial charge in [-0.05, 0) is 55.7 Å². The van der Waals surface area contributed by atoms with Crippen molar-refractivity contribution in [2.24, 2.45) is 0 Å². The Morgan fingerprint density at radius 1 is 1.15 bits per heavy atom. The highest BCUT2D eigenvalue weighted by Crippen LogP contribution is 2.41. The molecule has 27 heavy (non-hydrogen) atoms. The SMILES string of the molecule is CCCCN1C(=S)N[C@H](c2ccccn2)[C@@H]1c1cccn1C1CCCCC1. The van der Waals surface area contributed by atoms with Crippen molar-refractivity contribution < 1.29 is 0 Å². The molecule has 1 saturated carbocycles. The predicted molar refractivity (Wildman–Crippen MR) is 114 cm³/mol. The molecule has 0 spiro atoms. The van der Waals surface area contributed by atoms with Gasteiger partial charge in [-0.25, -0.2) is 0 Å². The van der Waals surface area contributed by atoms with Crippen molar-refractivity contribution in [1.82, 2.24) is 19.8 Å². The van der Waals surface area contributed by atoms with Crippen LogP contribution in [0.2, 0.25) is 0 Å². The predicted octanol–water partition coefficient (Wildman–Crippen LogP) is 5.16. The van der Waals surface area contributed by atoms with E-state index in [1.54, 1.807) is 0 Å². The van der Waals surface area contributed by atoms with Crippen LogP contribution in [0.4, 0.5) is 0 Å². The number of nitrogens with one attached hydrogen (secondary N) is 1. The summed E-state index contributed by atoms with van der Waals surface area (Å²) < 4.78 is 2.54. The van der Waals surface area contributed by atoms with Crippen LogP contribution in [0.3, 0.4) is 0 Å². The molecule has 2 aromatic heterocycles. The molecule has 1 aliphatic heterocycles. The Bertz CT molecular complexity index is 751. The molecular weight excluding hydrogens is 352 g/mol. The Morgan fingerprint density at radius 3 is 2.74 bits per heavy atom. The molecule has 0 amide bonds. The number of pyridine rings is 1. The number of unbranched alkanes of at least 4 members (excludes halogenated alkanes) is 1. The molecule has 3 heterocycles. The summed E-state index contributed by atoms with van der Waals surface area (Å²) in [4.78, 5) is 7.05. The minimum atomic E-state index is 0.104. The van der Waals surface area contributed by atoms with Crippen molar-refractivity contribution in [3.63, 3.8) is 0 Å². The first kappa shape index (κ1) is 18.5. The van der Waals surface area contributed by atoms with Gasteiger partial charge in [0.05, 0.1) is 17.8 Å². The molecule has 0 aromatic carbocycles. The highest BCUT2D eigenvalue weighted by molar-refractivity contribution is 7.80. The first-order valence-corrected chi connectivity index (χ1v) is 10.8. The number of nitrogens with zero attached hydrogens (tertiary/aromatic N) is 3. The van der Waals surface area contributed by atoms with Gasteiger partial charge in [0.1, 0.15) is 0 Å². The zero-order valence-corrected chi connectivity index (χ0v) is 17.0. The largest absolute Gasteiger partial charge is 0.352 e. The maximum atomic E-state index is 5.76. The Hall–Kier alpha value is -1.88. The quantitative estimate of drug-likeness (QED) is 0.700. The van der Waals surface area contributed by atoms with E-state index < -0.39 is 0 Å². The molecule has 2 aromatic rings. The van der Waals surface area contributed by atoms with Gasteiger partial charge in [0, 0.05) is 30.7 Å². The highest BCUT2D eigenvalue weighted by Gasteiger charge is 2.41. The third kappa shape index (κ3) is 3.75. The molecule has 144 valence electrons. The number of aromatic nitrogens is 2. The average molecular weight is 383 g/mol. The second kappa shape index (κ2) is 8.42. The van der Waals surface area contributed by atoms with Crippen LogP contribution in [0, 0.1) is 0 Å². The minimum absolute atomic E-state index is 0.104. The van der Waals surface area contributed by atoms with Gasteiger partial charge in [-0.1, -0.05) is 38.7 Å². The smallest absolute Gasteiger partial charge is 0.170 e. The van der Waals surface area contributed by atoms with E-state index in [0.717, 1.165) is 23.8 Å². The van der Waals surface area contributed by atoms with Gasteiger partial charge in [0.15, 0.2) is 5.11 Å². The van der Waals surface area contributed by atoms with Crippen molar-refractivity contribution in [1.29, 1.82) is 0 Å². The number of thiocarbonyl (C=S) groups is 1. The number of rotatable bonds is 6. The van der Waals surface area contributed by atoms with Crippen LogP contribution in [0.15, 0.2) is 42.7 Å². The molecule has 2 aliphatic rings. The number of hydrogen-bond acceptors (Lipinski definition) is 2. The summed E-state index contributed by atoms with van der Waals surface area (Å²) >= 11 is 5.76. The summed E-state index contributed by atoms with van der Waals surface area (Å²) in [5, 5.41) is 4.44. The van der Waals surface area contributed by atoms with Crippen LogP contribution in [-0.4, -0.2) is 26.1 Å². The summed E-state index contributed by atoms with van der Waals surface area (Å²) in [6, 6.07) is 11.6. The lowest BCUT2D eigenvalue weighted by atomic mass is 9.94. The van der Waals surface area contributed by atoms with E-state index in [1.165, 1.54) is 44.2 Å². The third-order valence-corrected chi connectivity index (χ3v) is 6.39. The lowest BCUT2D eigenvalue weighted by molar-refractivity contribution is 0.277. The van der Waals surface area contributed by atoms with E-state index in [2.05, 4.69) is 57.2 Å². The molecule has 0 radical (unpaired) electrons. The van der Waals surface area contributed by atoms with Crippen LogP contribution in [-0.2, 0) is 0 Å². The lowest BCUT2D eigenvalue weighted by Crippen LogP contribution is -2.32. The maximum Gasteiger partial charge on any atom is 0.170 e. The molecular formula is C22H30N4S. The van der Waals surface area contributed by atoms with Crippen LogP contribution in [0.25, 0.3) is 0 Å². The molecule has 4 rings (SSSR count). The van der Waals surface area contributed by atoms with E-state index >= 15 is 0 Å². The van der Waals surface area contributed by atoms with Gasteiger partial charge >= 0.3 is 0 Å². The Labute approximate surface area is 168 Å². The van der Waals surface area contributed by atoms with Crippen molar-refractivity contribution in [2.75, 3.05) is 6.54 Å². The third-order valence-electron chi connectivity index (χ3n) is 6.03. The monoisotopic (exact) mass is 382 g/mol. The van der Waals surface area contributed by atoms with E-state index in [0.29, 0.717) is 6.04 Å². The Kier molecular flexibility index (Phi) is 5.77. The van der Waals surface area contributed by atoms with E-state index in [1.807, 2.05) is 12.3 Å². The van der Waals surface area contributed by atoms with E-state index in [4.69, 9.17) is 12.2 Å². The molecule has 0 bridgehead atoms. The number of hydrogen-bond donors (Lipinski definition) is 1. The van der Waals surface area contributed by atoms with Crippen LogP contribution in [0.5, 0.6) is 0 Å². The molecule has 1 aliphatic carbocycles. The van der Waals surface area contributed by atoms with Crippen molar-refractivity contribution in [3.05, 3.63) is 54.1 Å². The average Bonchev–Trinajstić information content (AvgIpc) is 3.32. The fourth-order valence-electron chi connectivity index (χ4n) is 4.65.